The van der Waals surface area contributed by atoms with Gasteiger partial charge in [-0.2, -0.15) is 5.10 Å². The van der Waals surface area contributed by atoms with Gasteiger partial charge in [0.2, 0.25) is 0 Å². The summed E-state index contributed by atoms with van der Waals surface area (Å²) in [6.45, 7) is 2.53. The largest absolute Gasteiger partial charge is 0.279 e. The number of aryl methyl sites for hydroxylation is 1. The van der Waals surface area contributed by atoms with Gasteiger partial charge < -0.3 is 0 Å². The summed E-state index contributed by atoms with van der Waals surface area (Å²) in [7, 11) is 0. The molecule has 5 nitrogen and oxygen atoms in total. The fourth-order valence-electron chi connectivity index (χ4n) is 2.48. The molecule has 1 amide bonds. The third kappa shape index (κ3) is 4.26. The summed E-state index contributed by atoms with van der Waals surface area (Å²) in [5.74, 6) is -0.405. The van der Waals surface area contributed by atoms with E-state index in [9.17, 15) is 4.79 Å². The third-order valence-electron chi connectivity index (χ3n) is 3.71. The maximum Gasteiger partial charge on any atom is 0.279 e. The fourth-order valence-corrected chi connectivity index (χ4v) is 2.80. The van der Waals surface area contributed by atoms with Crippen LogP contribution in [0.1, 0.15) is 27.2 Å². The normalized spacial score (nSPS) is 10.6. The van der Waals surface area contributed by atoms with Crippen LogP contribution >= 0.6 is 11.6 Å². The molecule has 1 aromatic heterocycles. The van der Waals surface area contributed by atoms with Crippen molar-refractivity contribution in [1.82, 2.24) is 15.3 Å². The summed E-state index contributed by atoms with van der Waals surface area (Å²) in [6, 6.07) is 19.4. The average molecular weight is 356 g/mol. The number of halogens is 1. The number of carbonyl (C=O) groups excluding carboxylic acids is 1. The summed E-state index contributed by atoms with van der Waals surface area (Å²) in [4.78, 5) is 17.6. The Balaban J connectivity index is 1.66. The zero-order valence-electron chi connectivity index (χ0n) is 13.8. The topological polar surface area (TPSA) is 56.2 Å². The first-order chi connectivity index (χ1) is 12.1. The molecular formula is C19H18ClN3O2. The average Bonchev–Trinajstić information content (AvgIpc) is 2.90. The van der Waals surface area contributed by atoms with Gasteiger partial charge in [-0.25, -0.2) is 10.2 Å². The van der Waals surface area contributed by atoms with E-state index in [1.165, 1.54) is 0 Å². The minimum absolute atomic E-state index is 0.279. The number of aromatic nitrogens is 2. The van der Waals surface area contributed by atoms with Gasteiger partial charge >= 0.3 is 0 Å². The van der Waals surface area contributed by atoms with Gasteiger partial charge in [-0.3, -0.25) is 9.63 Å². The number of rotatable bonds is 6. The van der Waals surface area contributed by atoms with Gasteiger partial charge in [-0.1, -0.05) is 72.3 Å². The number of nitrogens with one attached hydrogen (secondary N) is 1. The Morgan fingerprint density at radius 2 is 1.68 bits per heavy atom. The number of benzene rings is 2. The smallest absolute Gasteiger partial charge is 0.269 e. The Morgan fingerprint density at radius 1 is 1.08 bits per heavy atom. The summed E-state index contributed by atoms with van der Waals surface area (Å²) in [6.07, 6.45) is 0. The number of carbonyl (C=O) groups is 1. The standard InChI is InChI=1S/C19H18ClN3O2/c1-14-17(19(24)22-25-13-16-10-6-3-7-11-16)18(20)23(21-14)12-15-8-4-2-5-9-15/h2-11H,12-13H2,1H3,(H,22,24). The van der Waals surface area contributed by atoms with Crippen LogP contribution in [0.5, 0.6) is 0 Å². The fraction of sp³-hybridized carbons (Fsp3) is 0.158. The molecule has 25 heavy (non-hydrogen) atoms. The van der Waals surface area contributed by atoms with E-state index >= 15 is 0 Å². The Morgan fingerprint density at radius 3 is 2.32 bits per heavy atom. The SMILES string of the molecule is Cc1nn(Cc2ccccc2)c(Cl)c1C(=O)NOCc1ccccc1. The Kier molecular flexibility index (Phi) is 5.48. The summed E-state index contributed by atoms with van der Waals surface area (Å²) < 4.78 is 1.61. The van der Waals surface area contributed by atoms with E-state index in [2.05, 4.69) is 10.6 Å². The molecule has 0 unspecified atom stereocenters. The first kappa shape index (κ1) is 17.2. The van der Waals surface area contributed by atoms with Gasteiger partial charge in [0.15, 0.2) is 0 Å². The molecule has 0 saturated carbocycles. The van der Waals surface area contributed by atoms with Crippen molar-refractivity contribution in [2.24, 2.45) is 0 Å². The first-order valence-corrected chi connectivity index (χ1v) is 8.26. The lowest BCUT2D eigenvalue weighted by atomic mass is 10.2. The number of hydroxylamine groups is 1. The molecule has 128 valence electrons. The van der Waals surface area contributed by atoms with Crippen LogP contribution in [0.15, 0.2) is 60.7 Å². The third-order valence-corrected chi connectivity index (χ3v) is 4.10. The Bertz CT molecular complexity index is 848. The molecule has 0 atom stereocenters. The van der Waals surface area contributed by atoms with E-state index in [1.807, 2.05) is 60.7 Å². The highest BCUT2D eigenvalue weighted by Gasteiger charge is 2.20. The number of hydrogen-bond donors (Lipinski definition) is 1. The molecule has 3 rings (SSSR count). The molecule has 0 fully saturated rings. The second kappa shape index (κ2) is 7.96. The molecule has 0 radical (unpaired) electrons. The monoisotopic (exact) mass is 355 g/mol. The van der Waals surface area contributed by atoms with Crippen LogP contribution in [0.2, 0.25) is 5.15 Å². The van der Waals surface area contributed by atoms with Crippen molar-refractivity contribution in [3.05, 3.63) is 88.2 Å². The lowest BCUT2D eigenvalue weighted by Crippen LogP contribution is -2.24. The zero-order chi connectivity index (χ0) is 17.6. The van der Waals surface area contributed by atoms with E-state index in [4.69, 9.17) is 16.4 Å². The lowest BCUT2D eigenvalue weighted by molar-refractivity contribution is 0.0233. The van der Waals surface area contributed by atoms with Gasteiger partial charge in [0.1, 0.15) is 10.7 Å². The molecule has 0 aliphatic carbocycles. The van der Waals surface area contributed by atoms with Crippen LogP contribution in [-0.2, 0) is 18.0 Å². The van der Waals surface area contributed by atoms with Crippen molar-refractivity contribution >= 4 is 17.5 Å². The van der Waals surface area contributed by atoms with Crippen LogP contribution in [0.4, 0.5) is 0 Å². The Hall–Kier alpha value is -2.63. The maximum absolute atomic E-state index is 12.4. The van der Waals surface area contributed by atoms with E-state index in [0.29, 0.717) is 23.0 Å². The maximum atomic E-state index is 12.4. The van der Waals surface area contributed by atoms with E-state index < -0.39 is 5.91 Å². The number of hydrogen-bond acceptors (Lipinski definition) is 3. The number of amides is 1. The zero-order valence-corrected chi connectivity index (χ0v) is 14.5. The highest BCUT2D eigenvalue weighted by atomic mass is 35.5. The van der Waals surface area contributed by atoms with Gasteiger partial charge in [0, 0.05) is 0 Å². The molecule has 0 aliphatic heterocycles. The van der Waals surface area contributed by atoms with Crippen LogP contribution in [-0.4, -0.2) is 15.7 Å². The summed E-state index contributed by atoms with van der Waals surface area (Å²) >= 11 is 6.35. The summed E-state index contributed by atoms with van der Waals surface area (Å²) in [5, 5.41) is 4.65. The molecule has 0 spiro atoms. The molecule has 1 N–H and O–H groups in total. The first-order valence-electron chi connectivity index (χ1n) is 7.88. The van der Waals surface area contributed by atoms with Gasteiger partial charge in [-0.15, -0.1) is 0 Å². The lowest BCUT2D eigenvalue weighted by Gasteiger charge is -2.06. The van der Waals surface area contributed by atoms with Crippen molar-refractivity contribution in [2.45, 2.75) is 20.1 Å². The Labute approximate surface area is 151 Å². The van der Waals surface area contributed by atoms with Crippen LogP contribution < -0.4 is 5.48 Å². The van der Waals surface area contributed by atoms with Crippen LogP contribution in [0.25, 0.3) is 0 Å². The van der Waals surface area contributed by atoms with E-state index in [1.54, 1.807) is 11.6 Å². The molecule has 0 aliphatic rings. The van der Waals surface area contributed by atoms with Gasteiger partial charge in [0.05, 0.1) is 18.8 Å². The molecule has 1 heterocycles. The van der Waals surface area contributed by atoms with Crippen molar-refractivity contribution in [3.63, 3.8) is 0 Å². The highest BCUT2D eigenvalue weighted by molar-refractivity contribution is 6.33. The minimum atomic E-state index is -0.405. The second-order valence-corrected chi connectivity index (χ2v) is 5.96. The van der Waals surface area contributed by atoms with Crippen LogP contribution in [0.3, 0.4) is 0 Å². The van der Waals surface area contributed by atoms with E-state index in [0.717, 1.165) is 11.1 Å². The molecule has 2 aromatic carbocycles. The van der Waals surface area contributed by atoms with Crippen molar-refractivity contribution < 1.29 is 9.63 Å². The van der Waals surface area contributed by atoms with E-state index in [-0.39, 0.29) is 6.61 Å². The second-order valence-electron chi connectivity index (χ2n) is 5.60. The highest BCUT2D eigenvalue weighted by Crippen LogP contribution is 2.21. The molecule has 0 saturated heterocycles. The predicted molar refractivity (Wildman–Crippen MR) is 96.2 cm³/mol. The van der Waals surface area contributed by atoms with Gasteiger partial charge in [0.25, 0.3) is 5.91 Å². The molecular weight excluding hydrogens is 338 g/mol. The van der Waals surface area contributed by atoms with Crippen molar-refractivity contribution in [1.29, 1.82) is 0 Å². The van der Waals surface area contributed by atoms with Crippen molar-refractivity contribution in [2.75, 3.05) is 0 Å². The quantitative estimate of drug-likeness (QED) is 0.685. The van der Waals surface area contributed by atoms with Gasteiger partial charge in [-0.05, 0) is 18.1 Å². The molecule has 0 bridgehead atoms. The molecule has 6 heteroatoms. The summed E-state index contributed by atoms with van der Waals surface area (Å²) in [5.41, 5.74) is 5.33. The minimum Gasteiger partial charge on any atom is -0.269 e. The van der Waals surface area contributed by atoms with Crippen molar-refractivity contribution in [3.8, 4) is 0 Å². The van der Waals surface area contributed by atoms with Crippen LogP contribution in [0, 0.1) is 6.92 Å². The number of nitrogens with zero attached hydrogens (tertiary/aromatic N) is 2. The molecule has 3 aromatic rings. The predicted octanol–water partition coefficient (Wildman–Crippen LogP) is 3.75.